The molecule has 2 N–H and O–H groups in total. The number of rotatable bonds is 5. The molecule has 1 aliphatic heterocycles. The van der Waals surface area contributed by atoms with Crippen molar-refractivity contribution in [2.75, 3.05) is 13.2 Å². The molecule has 5 rings (SSSR count). The lowest BCUT2D eigenvalue weighted by atomic mass is 9.89. The van der Waals surface area contributed by atoms with Crippen LogP contribution in [0.4, 0.5) is 0 Å². The molecule has 7 heteroatoms. The number of nitrogens with zero attached hydrogens (tertiary/aromatic N) is 3. The van der Waals surface area contributed by atoms with E-state index in [4.69, 9.17) is 9.72 Å². The Morgan fingerprint density at radius 1 is 1.15 bits per heavy atom. The fourth-order valence-corrected chi connectivity index (χ4v) is 4.74. The maximum Gasteiger partial charge on any atom is 0.270 e. The molecule has 176 valence electrons. The van der Waals surface area contributed by atoms with Gasteiger partial charge in [-0.25, -0.2) is 4.98 Å². The van der Waals surface area contributed by atoms with Gasteiger partial charge < -0.3 is 15.2 Å². The highest BCUT2D eigenvalue weighted by Gasteiger charge is 2.27. The molecule has 1 fully saturated rings. The molecule has 34 heavy (non-hydrogen) atoms. The molecule has 1 amide bonds. The van der Waals surface area contributed by atoms with Crippen molar-refractivity contribution in [2.24, 2.45) is 0 Å². The second kappa shape index (κ2) is 9.99. The van der Waals surface area contributed by atoms with E-state index in [1.165, 1.54) is 5.56 Å². The fraction of sp³-hybridized carbons (Fsp3) is 0.407. The summed E-state index contributed by atoms with van der Waals surface area (Å²) in [6, 6.07) is 9.74. The van der Waals surface area contributed by atoms with Gasteiger partial charge in [-0.1, -0.05) is 6.07 Å². The Morgan fingerprint density at radius 3 is 2.79 bits per heavy atom. The van der Waals surface area contributed by atoms with Crippen molar-refractivity contribution in [1.82, 2.24) is 20.3 Å². The van der Waals surface area contributed by atoms with Crippen molar-refractivity contribution >= 4 is 5.91 Å². The maximum absolute atomic E-state index is 13.0. The van der Waals surface area contributed by atoms with E-state index >= 15 is 0 Å². The van der Waals surface area contributed by atoms with Crippen molar-refractivity contribution in [1.29, 1.82) is 0 Å². The van der Waals surface area contributed by atoms with E-state index in [2.05, 4.69) is 21.4 Å². The number of carbonyl (C=O) groups excluding carboxylic acids is 1. The highest BCUT2D eigenvalue weighted by molar-refractivity contribution is 5.93. The minimum absolute atomic E-state index is 0.235. The minimum atomic E-state index is -0.692. The van der Waals surface area contributed by atoms with Crippen LogP contribution in [0.15, 0.2) is 42.7 Å². The number of ether oxygens (including phenoxy) is 1. The largest absolute Gasteiger partial charge is 0.389 e. The molecule has 7 nitrogen and oxygen atoms in total. The lowest BCUT2D eigenvalue weighted by molar-refractivity contribution is -0.0261. The van der Waals surface area contributed by atoms with E-state index in [1.807, 2.05) is 43.6 Å². The summed E-state index contributed by atoms with van der Waals surface area (Å²) in [7, 11) is 0. The van der Waals surface area contributed by atoms with Gasteiger partial charge in [-0.3, -0.25) is 14.8 Å². The normalized spacial score (nSPS) is 19.9. The van der Waals surface area contributed by atoms with Crippen molar-refractivity contribution in [3.63, 3.8) is 0 Å². The second-order valence-corrected chi connectivity index (χ2v) is 9.23. The molecule has 0 saturated carbocycles. The van der Waals surface area contributed by atoms with Crippen LogP contribution in [0.2, 0.25) is 0 Å². The number of hydrogen-bond donors (Lipinski definition) is 2. The summed E-state index contributed by atoms with van der Waals surface area (Å²) in [5.74, 6) is -0.235. The molecule has 3 aromatic rings. The molecular weight excluding hydrogens is 428 g/mol. The van der Waals surface area contributed by atoms with E-state index in [0.29, 0.717) is 25.1 Å². The van der Waals surface area contributed by atoms with Gasteiger partial charge >= 0.3 is 0 Å². The van der Waals surface area contributed by atoms with Crippen LogP contribution in [-0.4, -0.2) is 51.3 Å². The van der Waals surface area contributed by atoms with Crippen LogP contribution in [0.5, 0.6) is 0 Å². The number of hydrogen-bond acceptors (Lipinski definition) is 6. The van der Waals surface area contributed by atoms with Crippen molar-refractivity contribution in [3.05, 3.63) is 76.5 Å². The van der Waals surface area contributed by atoms with Gasteiger partial charge in [0.1, 0.15) is 5.69 Å². The maximum atomic E-state index is 13.0. The SMILES string of the molecule is Cc1ccc(-c2ccc(Cc3cc(C(=O)N[C@H]4CCOC[C@@H]4O)nc4c3CCCC4)cn2)cn1. The Bertz CT molecular complexity index is 1160. The van der Waals surface area contributed by atoms with Crippen molar-refractivity contribution in [2.45, 2.75) is 57.6 Å². The zero-order chi connectivity index (χ0) is 23.5. The lowest BCUT2D eigenvalue weighted by Crippen LogP contribution is -2.48. The summed E-state index contributed by atoms with van der Waals surface area (Å²) in [6.45, 7) is 2.75. The zero-order valence-corrected chi connectivity index (χ0v) is 19.5. The summed E-state index contributed by atoms with van der Waals surface area (Å²) in [4.78, 5) is 26.8. The number of carbonyl (C=O) groups is 1. The Labute approximate surface area is 199 Å². The summed E-state index contributed by atoms with van der Waals surface area (Å²) in [5, 5.41) is 13.1. The molecule has 1 saturated heterocycles. The van der Waals surface area contributed by atoms with E-state index in [0.717, 1.165) is 59.5 Å². The van der Waals surface area contributed by atoms with Gasteiger partial charge in [0.05, 0.1) is 24.4 Å². The summed E-state index contributed by atoms with van der Waals surface area (Å²) in [6.07, 6.45) is 8.45. The quantitative estimate of drug-likeness (QED) is 0.610. The molecule has 0 radical (unpaired) electrons. The van der Waals surface area contributed by atoms with Crippen LogP contribution in [0, 0.1) is 6.92 Å². The molecule has 3 aromatic heterocycles. The average molecular weight is 459 g/mol. The summed E-state index contributed by atoms with van der Waals surface area (Å²) in [5.41, 5.74) is 7.80. The van der Waals surface area contributed by atoms with Gasteiger partial charge in [-0.05, 0) is 86.4 Å². The van der Waals surface area contributed by atoms with Crippen LogP contribution in [0.1, 0.15) is 57.8 Å². The molecular formula is C27H30N4O3. The van der Waals surface area contributed by atoms with Gasteiger partial charge in [0, 0.05) is 36.0 Å². The number of aliphatic hydroxyl groups excluding tert-OH is 1. The van der Waals surface area contributed by atoms with Gasteiger partial charge in [-0.2, -0.15) is 0 Å². The first-order chi connectivity index (χ1) is 16.6. The van der Waals surface area contributed by atoms with Crippen LogP contribution >= 0.6 is 0 Å². The van der Waals surface area contributed by atoms with Gasteiger partial charge in [0.2, 0.25) is 0 Å². The number of aryl methyl sites for hydroxylation is 2. The lowest BCUT2D eigenvalue weighted by Gasteiger charge is -2.28. The van der Waals surface area contributed by atoms with Gasteiger partial charge in [0.25, 0.3) is 5.91 Å². The van der Waals surface area contributed by atoms with E-state index in [-0.39, 0.29) is 18.6 Å². The monoisotopic (exact) mass is 458 g/mol. The topological polar surface area (TPSA) is 97.2 Å². The molecule has 0 bridgehead atoms. The fourth-order valence-electron chi connectivity index (χ4n) is 4.74. The number of nitrogens with one attached hydrogen (secondary N) is 1. The number of pyridine rings is 3. The Kier molecular flexibility index (Phi) is 6.65. The summed E-state index contributed by atoms with van der Waals surface area (Å²) < 4.78 is 5.27. The minimum Gasteiger partial charge on any atom is -0.389 e. The standard InChI is InChI=1S/C27H30N4O3/c1-17-6-8-19(15-28-17)22-9-7-18(14-29-22)12-20-13-25(30-23-5-3-2-4-21(20)23)27(33)31-24-10-11-34-16-26(24)32/h6-9,13-15,24,26,32H,2-5,10-12,16H2,1H3,(H,31,33)/t24-,26-/m0/s1. The number of aliphatic hydroxyl groups is 1. The molecule has 2 atom stereocenters. The van der Waals surface area contributed by atoms with Gasteiger partial charge in [0.15, 0.2) is 0 Å². The van der Waals surface area contributed by atoms with Crippen molar-refractivity contribution in [3.8, 4) is 11.3 Å². The third-order valence-corrected chi connectivity index (χ3v) is 6.69. The second-order valence-electron chi connectivity index (χ2n) is 9.23. The average Bonchev–Trinajstić information content (AvgIpc) is 2.86. The van der Waals surface area contributed by atoms with E-state index in [1.54, 1.807) is 0 Å². The Hall–Kier alpha value is -3.16. The number of aromatic nitrogens is 3. The third-order valence-electron chi connectivity index (χ3n) is 6.69. The molecule has 0 spiro atoms. The molecule has 0 aromatic carbocycles. The van der Waals surface area contributed by atoms with Crippen molar-refractivity contribution < 1.29 is 14.6 Å². The first-order valence-corrected chi connectivity index (χ1v) is 12.0. The number of amides is 1. The zero-order valence-electron chi connectivity index (χ0n) is 19.5. The summed E-state index contributed by atoms with van der Waals surface area (Å²) >= 11 is 0. The van der Waals surface area contributed by atoms with Crippen LogP contribution in [0.25, 0.3) is 11.3 Å². The molecule has 4 heterocycles. The number of fused-ring (bicyclic) bond motifs is 1. The van der Waals surface area contributed by atoms with Crippen LogP contribution < -0.4 is 5.32 Å². The highest BCUT2D eigenvalue weighted by atomic mass is 16.5. The highest BCUT2D eigenvalue weighted by Crippen LogP contribution is 2.27. The Balaban J connectivity index is 1.38. The molecule has 1 aliphatic carbocycles. The van der Waals surface area contributed by atoms with E-state index < -0.39 is 6.10 Å². The smallest absolute Gasteiger partial charge is 0.270 e. The van der Waals surface area contributed by atoms with E-state index in [9.17, 15) is 9.90 Å². The first-order valence-electron chi connectivity index (χ1n) is 12.0. The van der Waals surface area contributed by atoms with Gasteiger partial charge in [-0.15, -0.1) is 0 Å². The third kappa shape index (κ3) is 5.00. The molecule has 2 aliphatic rings. The predicted octanol–water partition coefficient (Wildman–Crippen LogP) is 3.20. The van der Waals surface area contributed by atoms with Crippen LogP contribution in [0.3, 0.4) is 0 Å². The van der Waals surface area contributed by atoms with Crippen LogP contribution in [-0.2, 0) is 24.0 Å². The first kappa shape index (κ1) is 22.6. The predicted molar refractivity (Wildman–Crippen MR) is 129 cm³/mol. The Morgan fingerprint density at radius 2 is 2.03 bits per heavy atom. The molecule has 0 unspecified atom stereocenters.